The van der Waals surface area contributed by atoms with E-state index in [1.165, 1.54) is 0 Å². The molecule has 0 amide bonds. The largest absolute Gasteiger partial charge is 0.469 e. The third-order valence-corrected chi connectivity index (χ3v) is 2.09. The highest BCUT2D eigenvalue weighted by molar-refractivity contribution is 5.86. The van der Waals surface area contributed by atoms with Gasteiger partial charge in [0.15, 0.2) is 6.29 Å². The van der Waals surface area contributed by atoms with Crippen LogP contribution in [0.2, 0.25) is 0 Å². The van der Waals surface area contributed by atoms with Crippen LogP contribution in [0.4, 0.5) is 10.1 Å². The van der Waals surface area contributed by atoms with Crippen molar-refractivity contribution in [3.8, 4) is 0 Å². The van der Waals surface area contributed by atoms with Gasteiger partial charge in [0.1, 0.15) is 5.82 Å². The van der Waals surface area contributed by atoms with Crippen LogP contribution in [-0.4, -0.2) is 24.3 Å². The van der Waals surface area contributed by atoms with E-state index >= 15 is 0 Å². The SMILES string of the molecule is COC(=O)Cc1cc(F)cc([N+](=O)[O-])c1C=O. The lowest BCUT2D eigenvalue weighted by molar-refractivity contribution is -0.385. The molecule has 0 saturated carbocycles. The third-order valence-electron chi connectivity index (χ3n) is 2.09. The van der Waals surface area contributed by atoms with Gasteiger partial charge in [-0.1, -0.05) is 0 Å². The van der Waals surface area contributed by atoms with Gasteiger partial charge in [-0.25, -0.2) is 4.39 Å². The summed E-state index contributed by atoms with van der Waals surface area (Å²) in [6.45, 7) is 0. The van der Waals surface area contributed by atoms with Gasteiger partial charge in [-0.15, -0.1) is 0 Å². The predicted octanol–water partition coefficient (Wildman–Crippen LogP) is 1.26. The van der Waals surface area contributed by atoms with Gasteiger partial charge >= 0.3 is 5.97 Å². The van der Waals surface area contributed by atoms with Crippen molar-refractivity contribution in [1.82, 2.24) is 0 Å². The first-order chi connectivity index (χ1) is 7.99. The van der Waals surface area contributed by atoms with Crippen molar-refractivity contribution in [3.63, 3.8) is 0 Å². The Bertz CT molecular complexity index is 486. The maximum absolute atomic E-state index is 13.1. The molecule has 0 radical (unpaired) electrons. The Balaban J connectivity index is 3.32. The number of nitrogens with zero attached hydrogens (tertiary/aromatic N) is 1. The van der Waals surface area contributed by atoms with Crippen molar-refractivity contribution in [1.29, 1.82) is 0 Å². The minimum Gasteiger partial charge on any atom is -0.469 e. The van der Waals surface area contributed by atoms with E-state index in [2.05, 4.69) is 4.74 Å². The van der Waals surface area contributed by atoms with E-state index in [-0.39, 0.29) is 17.4 Å². The maximum atomic E-state index is 13.1. The first-order valence-electron chi connectivity index (χ1n) is 4.48. The Morgan fingerprint density at radius 2 is 2.24 bits per heavy atom. The molecule has 0 spiro atoms. The summed E-state index contributed by atoms with van der Waals surface area (Å²) < 4.78 is 17.4. The number of hydrogen-bond donors (Lipinski definition) is 0. The Kier molecular flexibility index (Phi) is 3.86. The number of nitro groups is 1. The zero-order chi connectivity index (χ0) is 13.0. The number of carbonyl (C=O) groups is 2. The molecule has 0 aromatic heterocycles. The Morgan fingerprint density at radius 1 is 1.59 bits per heavy atom. The molecule has 1 aromatic carbocycles. The van der Waals surface area contributed by atoms with Crippen LogP contribution in [0.5, 0.6) is 0 Å². The van der Waals surface area contributed by atoms with Crippen LogP contribution in [0.3, 0.4) is 0 Å². The highest BCUT2D eigenvalue weighted by atomic mass is 19.1. The van der Waals surface area contributed by atoms with Gasteiger partial charge in [0.05, 0.1) is 30.1 Å². The fourth-order valence-electron chi connectivity index (χ4n) is 1.32. The quantitative estimate of drug-likeness (QED) is 0.343. The zero-order valence-corrected chi connectivity index (χ0v) is 8.81. The third kappa shape index (κ3) is 2.83. The van der Waals surface area contributed by atoms with Crippen LogP contribution in [0.15, 0.2) is 12.1 Å². The molecule has 7 heteroatoms. The van der Waals surface area contributed by atoms with E-state index in [0.717, 1.165) is 13.2 Å². The topological polar surface area (TPSA) is 86.5 Å². The normalized spacial score (nSPS) is 9.76. The summed E-state index contributed by atoms with van der Waals surface area (Å²) in [5.41, 5.74) is -1.06. The number of methoxy groups -OCH3 is 1. The summed E-state index contributed by atoms with van der Waals surface area (Å²) in [6.07, 6.45) is -0.182. The van der Waals surface area contributed by atoms with E-state index in [9.17, 15) is 24.1 Å². The summed E-state index contributed by atoms with van der Waals surface area (Å²) in [7, 11) is 1.12. The highest BCUT2D eigenvalue weighted by Gasteiger charge is 2.21. The summed E-state index contributed by atoms with van der Waals surface area (Å²) in [5, 5.41) is 10.6. The molecule has 6 nitrogen and oxygen atoms in total. The van der Waals surface area contributed by atoms with Gasteiger partial charge in [0, 0.05) is 0 Å². The lowest BCUT2D eigenvalue weighted by Gasteiger charge is -2.04. The Hall–Kier alpha value is -2.31. The fourth-order valence-corrected chi connectivity index (χ4v) is 1.32. The van der Waals surface area contributed by atoms with Gasteiger partial charge < -0.3 is 4.74 Å². The minimum absolute atomic E-state index is 0.0708. The monoisotopic (exact) mass is 241 g/mol. The lowest BCUT2D eigenvalue weighted by Crippen LogP contribution is -2.09. The zero-order valence-electron chi connectivity index (χ0n) is 8.81. The second-order valence-electron chi connectivity index (χ2n) is 3.13. The number of esters is 1. The van der Waals surface area contributed by atoms with Crippen molar-refractivity contribution in [2.75, 3.05) is 7.11 Å². The Morgan fingerprint density at radius 3 is 2.71 bits per heavy atom. The molecular weight excluding hydrogens is 233 g/mol. The summed E-state index contributed by atoms with van der Waals surface area (Å²) in [4.78, 5) is 31.5. The number of hydrogen-bond acceptors (Lipinski definition) is 5. The summed E-state index contributed by atoms with van der Waals surface area (Å²) in [5.74, 6) is -1.60. The van der Waals surface area contributed by atoms with Gasteiger partial charge in [0.25, 0.3) is 5.69 Å². The summed E-state index contributed by atoms with van der Waals surface area (Å²) >= 11 is 0. The number of aldehydes is 1. The molecule has 0 unspecified atom stereocenters. The lowest BCUT2D eigenvalue weighted by atomic mass is 10.0. The van der Waals surface area contributed by atoms with Crippen LogP contribution >= 0.6 is 0 Å². The molecule has 0 N–H and O–H groups in total. The molecule has 0 saturated heterocycles. The number of halogens is 1. The first-order valence-corrected chi connectivity index (χ1v) is 4.48. The van der Waals surface area contributed by atoms with Gasteiger partial charge in [-0.05, 0) is 11.6 Å². The first kappa shape index (κ1) is 12.8. The van der Waals surface area contributed by atoms with Crippen molar-refractivity contribution in [2.45, 2.75) is 6.42 Å². The van der Waals surface area contributed by atoms with E-state index in [0.29, 0.717) is 6.07 Å². The van der Waals surface area contributed by atoms with Crippen LogP contribution in [0, 0.1) is 15.9 Å². The predicted molar refractivity (Wildman–Crippen MR) is 54.2 cm³/mol. The van der Waals surface area contributed by atoms with Crippen LogP contribution in [0.25, 0.3) is 0 Å². The van der Waals surface area contributed by atoms with Crippen molar-refractivity contribution >= 4 is 17.9 Å². The van der Waals surface area contributed by atoms with E-state index < -0.39 is 28.8 Å². The molecule has 0 aliphatic carbocycles. The Labute approximate surface area is 95.1 Å². The van der Waals surface area contributed by atoms with Gasteiger partial charge in [-0.3, -0.25) is 19.7 Å². The number of carbonyl (C=O) groups excluding carboxylic acids is 2. The molecule has 0 aliphatic heterocycles. The van der Waals surface area contributed by atoms with Crippen LogP contribution in [-0.2, 0) is 16.0 Å². The molecule has 1 rings (SSSR count). The molecule has 0 fully saturated rings. The van der Waals surface area contributed by atoms with Crippen LogP contribution in [0.1, 0.15) is 15.9 Å². The molecule has 0 aliphatic rings. The number of rotatable bonds is 4. The second kappa shape index (κ2) is 5.15. The molecule has 1 aromatic rings. The fraction of sp³-hybridized carbons (Fsp3) is 0.200. The number of nitro benzene ring substituents is 1. The second-order valence-corrected chi connectivity index (χ2v) is 3.13. The molecule has 0 heterocycles. The smallest absolute Gasteiger partial charge is 0.310 e. The average Bonchev–Trinajstić information content (AvgIpc) is 2.28. The minimum atomic E-state index is -0.888. The van der Waals surface area contributed by atoms with Gasteiger partial charge in [0.2, 0.25) is 0 Å². The van der Waals surface area contributed by atoms with Crippen molar-refractivity contribution < 1.29 is 23.6 Å². The maximum Gasteiger partial charge on any atom is 0.310 e. The van der Waals surface area contributed by atoms with E-state index in [1.54, 1.807) is 0 Å². The molecular formula is C10H8FNO5. The molecule has 0 atom stereocenters. The van der Waals surface area contributed by atoms with Crippen LogP contribution < -0.4 is 0 Å². The molecule has 0 bridgehead atoms. The van der Waals surface area contributed by atoms with E-state index in [4.69, 9.17) is 0 Å². The number of benzene rings is 1. The summed E-state index contributed by atoms with van der Waals surface area (Å²) in [6, 6.07) is 1.53. The molecule has 17 heavy (non-hydrogen) atoms. The standard InChI is InChI=1S/C10H8FNO5/c1-17-10(14)3-6-2-7(11)4-9(12(15)16)8(6)5-13/h2,4-5H,3H2,1H3. The van der Waals surface area contributed by atoms with Gasteiger partial charge in [-0.2, -0.15) is 0 Å². The van der Waals surface area contributed by atoms with Crippen molar-refractivity contribution in [2.24, 2.45) is 0 Å². The highest BCUT2D eigenvalue weighted by Crippen LogP contribution is 2.23. The van der Waals surface area contributed by atoms with E-state index in [1.807, 2.05) is 0 Å². The number of ether oxygens (including phenoxy) is 1. The average molecular weight is 241 g/mol. The molecule has 90 valence electrons. The van der Waals surface area contributed by atoms with Crippen molar-refractivity contribution in [3.05, 3.63) is 39.2 Å².